The predicted octanol–water partition coefficient (Wildman–Crippen LogP) is 0.545. The molecule has 1 rings (SSSR count). The van der Waals surface area contributed by atoms with Gasteiger partial charge in [0.25, 0.3) is 0 Å². The van der Waals surface area contributed by atoms with E-state index in [1.54, 1.807) is 0 Å². The third kappa shape index (κ3) is 3.10. The number of hydrogen-bond donors (Lipinski definition) is 3. The number of nitrogens with one attached hydrogen (secondary N) is 1. The van der Waals surface area contributed by atoms with E-state index in [1.165, 1.54) is 0 Å². The second kappa shape index (κ2) is 4.44. The highest BCUT2D eigenvalue weighted by Gasteiger charge is 2.03. The van der Waals surface area contributed by atoms with Gasteiger partial charge in [-0.15, -0.1) is 0 Å². The molecule has 0 aliphatic heterocycles. The van der Waals surface area contributed by atoms with E-state index in [4.69, 9.17) is 10.9 Å². The number of hydrogen-bond acceptors (Lipinski definition) is 3. The minimum Gasteiger partial charge on any atom is -0.463 e. The van der Waals surface area contributed by atoms with Crippen LogP contribution in [0, 0.1) is 0 Å². The summed E-state index contributed by atoms with van der Waals surface area (Å²) in [5.74, 6) is 5.09. The van der Waals surface area contributed by atoms with Gasteiger partial charge >= 0.3 is 6.09 Å². The van der Waals surface area contributed by atoms with Crippen molar-refractivity contribution in [2.45, 2.75) is 6.54 Å². The fourth-order valence-electron chi connectivity index (χ4n) is 0.840. The van der Waals surface area contributed by atoms with Gasteiger partial charge in [0.05, 0.1) is 0 Å². The van der Waals surface area contributed by atoms with Crippen molar-refractivity contribution in [3.63, 3.8) is 0 Å². The molecule has 4 N–H and O–H groups in total. The zero-order valence-electron chi connectivity index (χ0n) is 6.97. The van der Waals surface area contributed by atoms with Crippen LogP contribution < -0.4 is 11.3 Å². The lowest BCUT2D eigenvalue weighted by molar-refractivity contribution is 0.119. The maximum Gasteiger partial charge on any atom is 0.436 e. The Hall–Kier alpha value is -1.59. The molecule has 1 amide bonds. The van der Waals surface area contributed by atoms with Gasteiger partial charge in [0.15, 0.2) is 0 Å². The van der Waals surface area contributed by atoms with Crippen molar-refractivity contribution in [1.82, 2.24) is 10.5 Å². The Kier molecular flexibility index (Phi) is 3.24. The summed E-state index contributed by atoms with van der Waals surface area (Å²) in [6.07, 6.45) is -1.21. The number of nitrogens with zero attached hydrogens (tertiary/aromatic N) is 1. The SMILES string of the molecule is NN(NCc1ccccc1)C(=O)O. The zero-order chi connectivity index (χ0) is 9.68. The summed E-state index contributed by atoms with van der Waals surface area (Å²) in [7, 11) is 0. The van der Waals surface area contributed by atoms with E-state index >= 15 is 0 Å². The summed E-state index contributed by atoms with van der Waals surface area (Å²) < 4.78 is 0. The van der Waals surface area contributed by atoms with Gasteiger partial charge in [0.1, 0.15) is 0 Å². The lowest BCUT2D eigenvalue weighted by Crippen LogP contribution is -2.46. The Morgan fingerprint density at radius 2 is 2.08 bits per heavy atom. The van der Waals surface area contributed by atoms with Crippen molar-refractivity contribution in [1.29, 1.82) is 0 Å². The highest BCUT2D eigenvalue weighted by Crippen LogP contribution is 1.96. The molecular formula is C8H11N3O2. The van der Waals surface area contributed by atoms with Crippen LogP contribution in [0.4, 0.5) is 4.79 Å². The molecule has 0 fully saturated rings. The van der Waals surface area contributed by atoms with E-state index in [-0.39, 0.29) is 0 Å². The number of nitrogens with two attached hydrogens (primary N) is 1. The average molecular weight is 181 g/mol. The Bertz CT molecular complexity index is 276. The smallest absolute Gasteiger partial charge is 0.436 e. The van der Waals surface area contributed by atoms with E-state index in [9.17, 15) is 4.79 Å². The topological polar surface area (TPSA) is 78.6 Å². The minimum absolute atomic E-state index is 0.392. The molecule has 0 aromatic heterocycles. The molecule has 0 atom stereocenters. The maximum atomic E-state index is 10.3. The number of carboxylic acid groups (broad SMARTS) is 1. The van der Waals surface area contributed by atoms with Gasteiger partial charge < -0.3 is 5.11 Å². The van der Waals surface area contributed by atoms with Crippen LogP contribution in [0.1, 0.15) is 5.56 Å². The van der Waals surface area contributed by atoms with E-state index < -0.39 is 6.09 Å². The van der Waals surface area contributed by atoms with Crippen molar-refractivity contribution in [2.24, 2.45) is 5.84 Å². The lowest BCUT2D eigenvalue weighted by atomic mass is 10.2. The highest BCUT2D eigenvalue weighted by molar-refractivity contribution is 5.63. The molecule has 0 aliphatic rings. The van der Waals surface area contributed by atoms with Gasteiger partial charge in [-0.2, -0.15) is 5.12 Å². The molecule has 0 saturated heterocycles. The van der Waals surface area contributed by atoms with Crippen molar-refractivity contribution in [2.75, 3.05) is 0 Å². The van der Waals surface area contributed by atoms with Crippen LogP contribution in [-0.2, 0) is 6.54 Å². The van der Waals surface area contributed by atoms with Gasteiger partial charge in [0.2, 0.25) is 0 Å². The Labute approximate surface area is 75.7 Å². The number of carbonyl (C=O) groups is 1. The summed E-state index contributed by atoms with van der Waals surface area (Å²) in [4.78, 5) is 10.3. The first-order chi connectivity index (χ1) is 6.20. The monoisotopic (exact) mass is 181 g/mol. The molecule has 0 unspecified atom stereocenters. The molecule has 0 bridgehead atoms. The zero-order valence-corrected chi connectivity index (χ0v) is 6.97. The molecule has 1 aromatic rings. The molecule has 0 spiro atoms. The van der Waals surface area contributed by atoms with Gasteiger partial charge in [0, 0.05) is 6.54 Å². The maximum absolute atomic E-state index is 10.3. The average Bonchev–Trinajstić information content (AvgIpc) is 2.15. The van der Waals surface area contributed by atoms with Crippen molar-refractivity contribution in [3.8, 4) is 0 Å². The largest absolute Gasteiger partial charge is 0.463 e. The Balaban J connectivity index is 2.39. The lowest BCUT2D eigenvalue weighted by Gasteiger charge is -2.13. The fraction of sp³-hybridized carbons (Fsp3) is 0.125. The van der Waals surface area contributed by atoms with Crippen LogP contribution in [0.5, 0.6) is 0 Å². The van der Waals surface area contributed by atoms with E-state index in [2.05, 4.69) is 5.43 Å². The van der Waals surface area contributed by atoms with Crippen molar-refractivity contribution >= 4 is 6.09 Å². The third-order valence-corrected chi connectivity index (χ3v) is 1.50. The van der Waals surface area contributed by atoms with Crippen LogP contribution >= 0.6 is 0 Å². The van der Waals surface area contributed by atoms with Crippen LogP contribution in [0.15, 0.2) is 30.3 Å². The molecule has 13 heavy (non-hydrogen) atoms. The summed E-state index contributed by atoms with van der Waals surface area (Å²) in [5.41, 5.74) is 3.48. The second-order valence-corrected chi connectivity index (χ2v) is 2.47. The minimum atomic E-state index is -1.21. The molecule has 1 aromatic carbocycles. The quantitative estimate of drug-likeness (QED) is 0.361. The van der Waals surface area contributed by atoms with Crippen molar-refractivity contribution < 1.29 is 9.90 Å². The summed E-state index contributed by atoms with van der Waals surface area (Å²) in [6.45, 7) is 0.392. The van der Waals surface area contributed by atoms with E-state index in [0.717, 1.165) is 5.56 Å². The van der Waals surface area contributed by atoms with Gasteiger partial charge in [-0.3, -0.25) is 0 Å². The highest BCUT2D eigenvalue weighted by atomic mass is 16.4. The van der Waals surface area contributed by atoms with Gasteiger partial charge in [-0.05, 0) is 5.56 Å². The van der Waals surface area contributed by atoms with E-state index in [0.29, 0.717) is 11.7 Å². The standard InChI is InChI=1S/C8H11N3O2/c9-11(8(12)13)10-6-7-4-2-1-3-5-7/h1-5,10H,6,9H2,(H,12,13). The van der Waals surface area contributed by atoms with E-state index in [1.807, 2.05) is 30.3 Å². The molecule has 5 nitrogen and oxygen atoms in total. The van der Waals surface area contributed by atoms with Crippen LogP contribution in [0.25, 0.3) is 0 Å². The first-order valence-corrected chi connectivity index (χ1v) is 3.75. The van der Waals surface area contributed by atoms with Crippen LogP contribution in [-0.4, -0.2) is 16.3 Å². The molecule has 0 radical (unpaired) electrons. The predicted molar refractivity (Wildman–Crippen MR) is 47.3 cm³/mol. The number of benzene rings is 1. The van der Waals surface area contributed by atoms with Crippen LogP contribution in [0.2, 0.25) is 0 Å². The number of rotatable bonds is 3. The Morgan fingerprint density at radius 3 is 2.62 bits per heavy atom. The fourth-order valence-corrected chi connectivity index (χ4v) is 0.840. The normalized spacial score (nSPS) is 9.62. The Morgan fingerprint density at radius 1 is 1.46 bits per heavy atom. The summed E-state index contributed by atoms with van der Waals surface area (Å²) >= 11 is 0. The molecular weight excluding hydrogens is 170 g/mol. The summed E-state index contributed by atoms with van der Waals surface area (Å²) in [5, 5.41) is 8.93. The van der Waals surface area contributed by atoms with Crippen molar-refractivity contribution in [3.05, 3.63) is 35.9 Å². The first kappa shape index (κ1) is 9.50. The third-order valence-electron chi connectivity index (χ3n) is 1.50. The molecule has 5 heteroatoms. The first-order valence-electron chi connectivity index (χ1n) is 3.75. The second-order valence-electron chi connectivity index (χ2n) is 2.47. The number of amides is 1. The van der Waals surface area contributed by atoms with Crippen LogP contribution in [0.3, 0.4) is 0 Å². The molecule has 0 heterocycles. The molecule has 0 aliphatic carbocycles. The van der Waals surface area contributed by atoms with Gasteiger partial charge in [-0.1, -0.05) is 30.3 Å². The number of hydrazine groups is 2. The summed E-state index contributed by atoms with van der Waals surface area (Å²) in [6, 6.07) is 9.39. The van der Waals surface area contributed by atoms with Gasteiger partial charge in [-0.25, -0.2) is 16.1 Å². The molecule has 0 saturated carbocycles. The molecule has 70 valence electrons.